The Balaban J connectivity index is 1.91. The van der Waals surface area contributed by atoms with E-state index in [1.54, 1.807) is 4.90 Å². The predicted molar refractivity (Wildman–Crippen MR) is 128 cm³/mol. The van der Waals surface area contributed by atoms with Crippen molar-refractivity contribution in [2.24, 2.45) is 5.41 Å². The fraction of sp³-hybridized carbons (Fsp3) is 0.654. The average molecular weight is 461 g/mol. The number of rotatable bonds is 12. The van der Waals surface area contributed by atoms with Crippen LogP contribution in [0, 0.1) is 19.3 Å². The van der Waals surface area contributed by atoms with E-state index in [0.29, 0.717) is 39.1 Å². The van der Waals surface area contributed by atoms with Gasteiger partial charge in [0.15, 0.2) is 0 Å². The van der Waals surface area contributed by atoms with Crippen LogP contribution < -0.4 is 10.1 Å². The van der Waals surface area contributed by atoms with Gasteiger partial charge in [0.25, 0.3) is 0 Å². The molecule has 2 amide bonds. The van der Waals surface area contributed by atoms with E-state index in [1.165, 1.54) is 0 Å². The molecule has 0 aliphatic carbocycles. The summed E-state index contributed by atoms with van der Waals surface area (Å²) in [5.74, 6) is 0.0112. The number of piperazine rings is 1. The highest BCUT2D eigenvalue weighted by atomic mass is 16.5. The molecule has 1 aromatic rings. The van der Waals surface area contributed by atoms with Crippen LogP contribution in [0.4, 0.5) is 0 Å². The Morgan fingerprint density at radius 1 is 1.15 bits per heavy atom. The number of unbranched alkanes of at least 4 members (excludes halogenated alkanes) is 2. The SMILES string of the molecule is CCCCCOC(=O)CC1C(=O)NCCN1C(=O)C(C)(C)CCCOc1cc(C)ccc1C. The van der Waals surface area contributed by atoms with Crippen LogP contribution in [0.25, 0.3) is 0 Å². The lowest BCUT2D eigenvalue weighted by Gasteiger charge is -2.39. The molecular formula is C26H40N2O5. The Bertz CT molecular complexity index is 821. The number of ether oxygens (including phenoxy) is 2. The predicted octanol–water partition coefficient (Wildman–Crippen LogP) is 3.94. The Labute approximate surface area is 198 Å². The number of aryl methyl sites for hydroxylation is 2. The van der Waals surface area contributed by atoms with Crippen molar-refractivity contribution in [1.82, 2.24) is 10.2 Å². The highest BCUT2D eigenvalue weighted by molar-refractivity contribution is 5.93. The molecule has 1 unspecified atom stereocenters. The molecule has 1 saturated heterocycles. The molecule has 1 fully saturated rings. The number of hydrogen-bond acceptors (Lipinski definition) is 5. The van der Waals surface area contributed by atoms with Gasteiger partial charge < -0.3 is 19.7 Å². The molecule has 0 saturated carbocycles. The molecule has 0 aromatic heterocycles. The average Bonchev–Trinajstić information content (AvgIpc) is 2.77. The maximum Gasteiger partial charge on any atom is 0.308 e. The minimum Gasteiger partial charge on any atom is -0.493 e. The fourth-order valence-electron chi connectivity index (χ4n) is 3.97. The lowest BCUT2D eigenvalue weighted by atomic mass is 9.85. The summed E-state index contributed by atoms with van der Waals surface area (Å²) < 4.78 is 11.2. The first kappa shape index (κ1) is 26.7. The van der Waals surface area contributed by atoms with Crippen LogP contribution in [0.2, 0.25) is 0 Å². The number of esters is 1. The summed E-state index contributed by atoms with van der Waals surface area (Å²) in [6.07, 6.45) is 4.03. The first-order valence-electron chi connectivity index (χ1n) is 12.1. The highest BCUT2D eigenvalue weighted by Gasteiger charge is 2.40. The summed E-state index contributed by atoms with van der Waals surface area (Å²) in [6.45, 7) is 11.5. The topological polar surface area (TPSA) is 84.9 Å². The molecule has 0 radical (unpaired) electrons. The normalized spacial score (nSPS) is 16.3. The van der Waals surface area contributed by atoms with E-state index in [1.807, 2.05) is 39.8 Å². The largest absolute Gasteiger partial charge is 0.493 e. The third-order valence-corrected chi connectivity index (χ3v) is 6.09. The zero-order valence-corrected chi connectivity index (χ0v) is 20.9. The van der Waals surface area contributed by atoms with Crippen molar-refractivity contribution in [2.75, 3.05) is 26.3 Å². The van der Waals surface area contributed by atoms with Crippen molar-refractivity contribution < 1.29 is 23.9 Å². The monoisotopic (exact) mass is 460 g/mol. The lowest BCUT2D eigenvalue weighted by molar-refractivity contribution is -0.155. The van der Waals surface area contributed by atoms with Crippen molar-refractivity contribution >= 4 is 17.8 Å². The van der Waals surface area contributed by atoms with E-state index in [9.17, 15) is 14.4 Å². The van der Waals surface area contributed by atoms with Gasteiger partial charge in [-0.05, 0) is 50.3 Å². The molecule has 0 spiro atoms. The molecular weight excluding hydrogens is 420 g/mol. The van der Waals surface area contributed by atoms with E-state index in [0.717, 1.165) is 36.1 Å². The summed E-state index contributed by atoms with van der Waals surface area (Å²) in [5, 5.41) is 2.77. The maximum absolute atomic E-state index is 13.4. The summed E-state index contributed by atoms with van der Waals surface area (Å²) in [4.78, 5) is 39.7. The Kier molecular flexibility index (Phi) is 10.2. The van der Waals surface area contributed by atoms with Crippen LogP contribution in [0.5, 0.6) is 5.75 Å². The van der Waals surface area contributed by atoms with Crippen molar-refractivity contribution in [3.05, 3.63) is 29.3 Å². The van der Waals surface area contributed by atoms with Gasteiger partial charge in [0.2, 0.25) is 11.8 Å². The van der Waals surface area contributed by atoms with E-state index in [-0.39, 0.29) is 18.2 Å². The van der Waals surface area contributed by atoms with Crippen LogP contribution in [-0.2, 0) is 19.1 Å². The van der Waals surface area contributed by atoms with Gasteiger partial charge in [0, 0.05) is 18.5 Å². The molecule has 7 nitrogen and oxygen atoms in total. The highest BCUT2D eigenvalue weighted by Crippen LogP contribution is 2.28. The van der Waals surface area contributed by atoms with Crippen molar-refractivity contribution in [2.45, 2.75) is 79.2 Å². The third-order valence-electron chi connectivity index (χ3n) is 6.09. The zero-order chi connectivity index (χ0) is 24.4. The van der Waals surface area contributed by atoms with Gasteiger partial charge in [-0.1, -0.05) is 45.7 Å². The number of nitrogens with one attached hydrogen (secondary N) is 1. The van der Waals surface area contributed by atoms with Gasteiger partial charge >= 0.3 is 5.97 Å². The second kappa shape index (κ2) is 12.6. The molecule has 33 heavy (non-hydrogen) atoms. The minimum absolute atomic E-state index is 0.116. The second-order valence-corrected chi connectivity index (χ2v) is 9.54. The first-order valence-corrected chi connectivity index (χ1v) is 12.1. The van der Waals surface area contributed by atoms with E-state index in [2.05, 4.69) is 18.3 Å². The van der Waals surface area contributed by atoms with E-state index >= 15 is 0 Å². The molecule has 0 bridgehead atoms. The van der Waals surface area contributed by atoms with Gasteiger partial charge in [-0.2, -0.15) is 0 Å². The molecule has 1 aliphatic rings. The summed E-state index contributed by atoms with van der Waals surface area (Å²) in [5.41, 5.74) is 1.55. The number of amides is 2. The summed E-state index contributed by atoms with van der Waals surface area (Å²) in [7, 11) is 0. The summed E-state index contributed by atoms with van der Waals surface area (Å²) in [6, 6.07) is 5.28. The van der Waals surface area contributed by atoms with Gasteiger partial charge in [-0.15, -0.1) is 0 Å². The molecule has 1 aliphatic heterocycles. The van der Waals surface area contributed by atoms with Crippen molar-refractivity contribution in [1.29, 1.82) is 0 Å². The number of nitrogens with zero attached hydrogens (tertiary/aromatic N) is 1. The molecule has 2 rings (SSSR count). The third kappa shape index (κ3) is 8.06. The quantitative estimate of drug-likeness (QED) is 0.377. The minimum atomic E-state index is -0.824. The van der Waals surface area contributed by atoms with Crippen LogP contribution in [-0.4, -0.2) is 55.0 Å². The smallest absolute Gasteiger partial charge is 0.308 e. The number of carbonyl (C=O) groups excluding carboxylic acids is 3. The lowest BCUT2D eigenvalue weighted by Crippen LogP contribution is -2.60. The zero-order valence-electron chi connectivity index (χ0n) is 20.9. The molecule has 1 aromatic carbocycles. The van der Waals surface area contributed by atoms with Crippen LogP contribution in [0.3, 0.4) is 0 Å². The standard InChI is InChI=1S/C26H40N2O5/c1-6-7-8-15-33-23(29)18-21-24(30)27-13-14-28(21)25(31)26(4,5)12-9-16-32-22-17-19(2)10-11-20(22)3/h10-11,17,21H,6-9,12-16,18H2,1-5H3,(H,27,30). The van der Waals surface area contributed by atoms with Crippen LogP contribution in [0.1, 0.15) is 70.4 Å². The number of carbonyl (C=O) groups is 3. The molecule has 184 valence electrons. The van der Waals surface area contributed by atoms with Gasteiger partial charge in [-0.3, -0.25) is 14.4 Å². The maximum atomic E-state index is 13.4. The first-order chi connectivity index (χ1) is 15.7. The van der Waals surface area contributed by atoms with Crippen molar-refractivity contribution in [3.8, 4) is 5.75 Å². The van der Waals surface area contributed by atoms with Crippen LogP contribution >= 0.6 is 0 Å². The van der Waals surface area contributed by atoms with Crippen molar-refractivity contribution in [3.63, 3.8) is 0 Å². The van der Waals surface area contributed by atoms with Gasteiger partial charge in [0.1, 0.15) is 11.8 Å². The molecule has 1 atom stereocenters. The molecule has 1 N–H and O–H groups in total. The number of benzene rings is 1. The molecule has 1 heterocycles. The number of hydrogen-bond donors (Lipinski definition) is 1. The Hall–Kier alpha value is -2.57. The molecule has 7 heteroatoms. The van der Waals surface area contributed by atoms with Gasteiger partial charge in [0.05, 0.1) is 19.6 Å². The second-order valence-electron chi connectivity index (χ2n) is 9.54. The fourth-order valence-corrected chi connectivity index (χ4v) is 3.97. The Morgan fingerprint density at radius 2 is 1.91 bits per heavy atom. The van der Waals surface area contributed by atoms with E-state index in [4.69, 9.17) is 9.47 Å². The summed E-state index contributed by atoms with van der Waals surface area (Å²) >= 11 is 0. The Morgan fingerprint density at radius 3 is 2.64 bits per heavy atom. The van der Waals surface area contributed by atoms with Gasteiger partial charge in [-0.25, -0.2) is 0 Å². The van der Waals surface area contributed by atoms with Crippen LogP contribution in [0.15, 0.2) is 18.2 Å². The van der Waals surface area contributed by atoms with E-state index < -0.39 is 17.4 Å².